The number of nitrogens with one attached hydrogen (secondary N) is 1. The molecule has 44 heavy (non-hydrogen) atoms. The van der Waals surface area contributed by atoms with Gasteiger partial charge in [-0.15, -0.1) is 0 Å². The molecule has 7 rings (SSSR count). The topological polar surface area (TPSA) is 105 Å². The van der Waals surface area contributed by atoms with Crippen molar-refractivity contribution in [2.45, 2.75) is 79.8 Å². The zero-order chi connectivity index (χ0) is 31.1. The van der Waals surface area contributed by atoms with Crippen LogP contribution >= 0.6 is 11.8 Å². The summed E-state index contributed by atoms with van der Waals surface area (Å²) in [6.07, 6.45) is 6.68. The van der Waals surface area contributed by atoms with Crippen molar-refractivity contribution >= 4 is 29.0 Å². The lowest BCUT2D eigenvalue weighted by Gasteiger charge is -2.60. The van der Waals surface area contributed by atoms with Gasteiger partial charge < -0.3 is 25.0 Å². The summed E-state index contributed by atoms with van der Waals surface area (Å²) in [6.45, 7) is 5.41. The van der Waals surface area contributed by atoms with E-state index < -0.39 is 41.0 Å². The van der Waals surface area contributed by atoms with Gasteiger partial charge in [-0.3, -0.25) is 9.59 Å². The number of ether oxygens (including phenoxy) is 2. The average Bonchev–Trinajstić information content (AvgIpc) is 3.45. The molecule has 3 N–H and O–H groups in total. The number of carbonyl (C=O) groups is 2. The number of fused-ring (bicyclic) bond motifs is 7. The van der Waals surface area contributed by atoms with Crippen molar-refractivity contribution in [2.24, 2.45) is 28.6 Å². The quantitative estimate of drug-likeness (QED) is 0.383. The molecule has 0 bridgehead atoms. The Morgan fingerprint density at radius 1 is 1.07 bits per heavy atom. The number of aliphatic hydroxyl groups excluding tert-OH is 2. The summed E-state index contributed by atoms with van der Waals surface area (Å²) in [4.78, 5) is 28.3. The van der Waals surface area contributed by atoms with Crippen LogP contribution in [-0.2, 0) is 24.8 Å². The summed E-state index contributed by atoms with van der Waals surface area (Å²) in [7, 11) is 1.90. The molecule has 0 radical (unpaired) electrons. The third kappa shape index (κ3) is 4.18. The first kappa shape index (κ1) is 29.9. The van der Waals surface area contributed by atoms with Gasteiger partial charge in [0.1, 0.15) is 6.61 Å². The maximum Gasteiger partial charge on any atom is 0.193 e. The van der Waals surface area contributed by atoms with Gasteiger partial charge in [0.25, 0.3) is 0 Å². The van der Waals surface area contributed by atoms with Crippen molar-refractivity contribution in [3.05, 3.63) is 77.9 Å². The third-order valence-corrected chi connectivity index (χ3v) is 12.7. The first-order valence-electron chi connectivity index (χ1n) is 15.7. The number of Topliss-reactive ketones (excluding diaryl/α,β-unsaturated/α-hetero) is 1. The van der Waals surface area contributed by atoms with E-state index in [4.69, 9.17) is 9.47 Å². The molecular formula is C36H41NO6S. The van der Waals surface area contributed by atoms with Crippen molar-refractivity contribution in [2.75, 3.05) is 19.0 Å². The molecule has 2 aromatic rings. The van der Waals surface area contributed by atoms with E-state index in [1.807, 2.05) is 56.4 Å². The fourth-order valence-electron chi connectivity index (χ4n) is 9.67. The largest absolute Gasteiger partial charge is 0.393 e. The highest BCUT2D eigenvalue weighted by Gasteiger charge is 2.77. The summed E-state index contributed by atoms with van der Waals surface area (Å²) in [5, 5.41) is 25.3. The van der Waals surface area contributed by atoms with E-state index in [9.17, 15) is 19.8 Å². The summed E-state index contributed by atoms with van der Waals surface area (Å²) < 4.78 is 13.7. The van der Waals surface area contributed by atoms with E-state index in [1.54, 1.807) is 23.9 Å². The lowest BCUT2D eigenvalue weighted by Crippen LogP contribution is -2.63. The van der Waals surface area contributed by atoms with Gasteiger partial charge in [0.15, 0.2) is 23.0 Å². The minimum absolute atomic E-state index is 0.00449. The Morgan fingerprint density at radius 2 is 1.75 bits per heavy atom. The highest BCUT2D eigenvalue weighted by atomic mass is 32.2. The van der Waals surface area contributed by atoms with Gasteiger partial charge in [0, 0.05) is 44.8 Å². The number of aliphatic hydroxyl groups is 2. The number of anilines is 1. The van der Waals surface area contributed by atoms with Crippen LogP contribution in [-0.4, -0.2) is 53.2 Å². The molecule has 5 aliphatic rings. The van der Waals surface area contributed by atoms with Crippen molar-refractivity contribution < 1.29 is 29.3 Å². The SMILES string of the molecule is CNc1ccc(Sc2ccc([C@]3(C)O[C@@H]4C[C@H]5[C@@H]6CCC7=CC(=O)C=C[C@]7(C)[C@H]6[C@@H](O)C[C@]5(C)[C@]4(C(=O)CO)O3)cc2)cc1. The minimum atomic E-state index is -1.38. The summed E-state index contributed by atoms with van der Waals surface area (Å²) in [5.41, 5.74) is 0.419. The van der Waals surface area contributed by atoms with Crippen molar-refractivity contribution in [3.63, 3.8) is 0 Å². The molecule has 9 atom stereocenters. The highest BCUT2D eigenvalue weighted by molar-refractivity contribution is 7.99. The molecule has 0 unspecified atom stereocenters. The average molecular weight is 616 g/mol. The van der Waals surface area contributed by atoms with Crippen LogP contribution in [0, 0.1) is 28.6 Å². The normalized spacial score (nSPS) is 40.5. The van der Waals surface area contributed by atoms with E-state index in [0.717, 1.165) is 39.5 Å². The Kier molecular flexibility index (Phi) is 7.07. The predicted molar refractivity (Wildman–Crippen MR) is 168 cm³/mol. The molecule has 4 fully saturated rings. The zero-order valence-corrected chi connectivity index (χ0v) is 26.5. The van der Waals surface area contributed by atoms with Crippen LogP contribution in [0.4, 0.5) is 5.69 Å². The van der Waals surface area contributed by atoms with E-state index in [0.29, 0.717) is 12.8 Å². The Hall–Kier alpha value is -2.75. The molecule has 8 heteroatoms. The number of hydrogen-bond acceptors (Lipinski definition) is 8. The van der Waals surface area contributed by atoms with Crippen LogP contribution in [0.3, 0.4) is 0 Å². The number of carbonyl (C=O) groups excluding carboxylic acids is 2. The second kappa shape index (κ2) is 10.4. The Morgan fingerprint density at radius 3 is 2.41 bits per heavy atom. The van der Waals surface area contributed by atoms with Gasteiger partial charge in [-0.2, -0.15) is 0 Å². The summed E-state index contributed by atoms with van der Waals surface area (Å²) >= 11 is 1.66. The van der Waals surface area contributed by atoms with E-state index in [2.05, 4.69) is 31.3 Å². The van der Waals surface area contributed by atoms with Gasteiger partial charge in [0.05, 0.1) is 12.2 Å². The molecule has 0 spiro atoms. The van der Waals surface area contributed by atoms with Gasteiger partial charge in [-0.1, -0.05) is 49.4 Å². The minimum Gasteiger partial charge on any atom is -0.393 e. The van der Waals surface area contributed by atoms with Crippen LogP contribution in [0.1, 0.15) is 52.0 Å². The molecule has 0 amide bonds. The lowest BCUT2D eigenvalue weighted by molar-refractivity contribution is -0.237. The number of ketones is 2. The van der Waals surface area contributed by atoms with Crippen LogP contribution in [0.5, 0.6) is 0 Å². The third-order valence-electron chi connectivity index (χ3n) is 11.7. The smallest absolute Gasteiger partial charge is 0.193 e. The molecule has 2 aromatic carbocycles. The first-order valence-corrected chi connectivity index (χ1v) is 16.5. The monoisotopic (exact) mass is 615 g/mol. The van der Waals surface area contributed by atoms with Gasteiger partial charge >= 0.3 is 0 Å². The summed E-state index contributed by atoms with van der Waals surface area (Å²) in [6, 6.07) is 16.3. The summed E-state index contributed by atoms with van der Waals surface area (Å²) in [5.74, 6) is -1.47. The number of allylic oxidation sites excluding steroid dienone is 4. The molecule has 232 valence electrons. The number of rotatable bonds is 6. The molecule has 0 aromatic heterocycles. The standard InChI is InChI=1S/C36H41NO6S/c1-33-16-15-24(39)17-22(33)7-14-27-28-18-31-36(30(41)20-38,34(28,2)19-29(40)32(27)33)43-35(3,42-31)21-5-10-25(11-6-21)44-26-12-8-23(37-4)9-13-26/h5-6,8-13,15-17,27-29,31-32,37-38,40H,7,14,18-20H2,1-4H3/t27-,28-,29-,31+,32+,33-,34-,35+,36+/m0/s1. The van der Waals surface area contributed by atoms with Gasteiger partial charge in [-0.25, -0.2) is 0 Å². The fraction of sp³-hybridized carbons (Fsp3) is 0.500. The molecule has 7 nitrogen and oxygen atoms in total. The molecule has 4 aliphatic carbocycles. The van der Waals surface area contributed by atoms with Gasteiger partial charge in [0.2, 0.25) is 0 Å². The Labute approximate surface area is 263 Å². The highest BCUT2D eigenvalue weighted by Crippen LogP contribution is 2.71. The van der Waals surface area contributed by atoms with Crippen molar-refractivity contribution in [1.29, 1.82) is 0 Å². The van der Waals surface area contributed by atoms with Crippen molar-refractivity contribution in [1.82, 2.24) is 0 Å². The van der Waals surface area contributed by atoms with E-state index in [-0.39, 0.29) is 29.3 Å². The molecule has 3 saturated carbocycles. The predicted octanol–water partition coefficient (Wildman–Crippen LogP) is 5.66. The maximum absolute atomic E-state index is 13.9. The van der Waals surface area contributed by atoms with Crippen LogP contribution < -0.4 is 5.32 Å². The molecule has 1 heterocycles. The van der Waals surface area contributed by atoms with Crippen LogP contribution in [0.2, 0.25) is 0 Å². The lowest BCUT2D eigenvalue weighted by atomic mass is 9.46. The van der Waals surface area contributed by atoms with Crippen LogP contribution in [0.25, 0.3) is 0 Å². The Balaban J connectivity index is 1.18. The zero-order valence-electron chi connectivity index (χ0n) is 25.7. The fourth-order valence-corrected chi connectivity index (χ4v) is 10.5. The molecule has 1 saturated heterocycles. The first-order chi connectivity index (χ1) is 21.0. The molecular weight excluding hydrogens is 574 g/mol. The second-order valence-electron chi connectivity index (χ2n) is 13.8. The Bertz CT molecular complexity index is 1550. The van der Waals surface area contributed by atoms with E-state index >= 15 is 0 Å². The second-order valence-corrected chi connectivity index (χ2v) is 15.0. The van der Waals surface area contributed by atoms with E-state index in [1.165, 1.54) is 0 Å². The van der Waals surface area contributed by atoms with Crippen molar-refractivity contribution in [3.8, 4) is 0 Å². The maximum atomic E-state index is 13.9. The molecule has 1 aliphatic heterocycles. The number of hydrogen-bond donors (Lipinski definition) is 3. The van der Waals surface area contributed by atoms with Crippen LogP contribution in [0.15, 0.2) is 82.1 Å². The van der Waals surface area contributed by atoms with Gasteiger partial charge in [-0.05, 0) is 93.0 Å². The number of benzene rings is 2.